The molecule has 3 rings (SSSR count). The summed E-state index contributed by atoms with van der Waals surface area (Å²) in [6, 6.07) is 8.06. The first-order chi connectivity index (χ1) is 10.5. The fourth-order valence-corrected chi connectivity index (χ4v) is 2.66. The Labute approximate surface area is 128 Å². The highest BCUT2D eigenvalue weighted by Crippen LogP contribution is 2.21. The second-order valence-electron chi connectivity index (χ2n) is 6.01. The Morgan fingerprint density at radius 1 is 1.27 bits per heavy atom. The summed E-state index contributed by atoms with van der Waals surface area (Å²) in [5.74, 6) is 0.771. The smallest absolute Gasteiger partial charge is 0.270 e. The van der Waals surface area contributed by atoms with E-state index in [0.29, 0.717) is 36.0 Å². The zero-order valence-corrected chi connectivity index (χ0v) is 12.8. The summed E-state index contributed by atoms with van der Waals surface area (Å²) in [6.07, 6.45) is 3.14. The van der Waals surface area contributed by atoms with Gasteiger partial charge in [0.15, 0.2) is 0 Å². The van der Waals surface area contributed by atoms with Crippen LogP contribution in [0.5, 0.6) is 0 Å². The number of nitrogens with zero attached hydrogens (tertiary/aromatic N) is 1. The van der Waals surface area contributed by atoms with Crippen LogP contribution in [-0.4, -0.2) is 15.0 Å². The van der Waals surface area contributed by atoms with Gasteiger partial charge >= 0.3 is 0 Å². The van der Waals surface area contributed by atoms with Gasteiger partial charge in [-0.15, -0.1) is 0 Å². The van der Waals surface area contributed by atoms with Crippen molar-refractivity contribution in [3.63, 3.8) is 0 Å². The summed E-state index contributed by atoms with van der Waals surface area (Å²) in [5, 5.41) is 1.13. The predicted octanol–water partition coefficient (Wildman–Crippen LogP) is 2.62. The first-order valence-corrected chi connectivity index (χ1v) is 7.47. The van der Waals surface area contributed by atoms with Crippen LogP contribution in [0, 0.1) is 5.92 Å². The molecule has 0 fully saturated rings. The van der Waals surface area contributed by atoms with Crippen molar-refractivity contribution >= 4 is 16.7 Å². The van der Waals surface area contributed by atoms with Gasteiger partial charge in [-0.05, 0) is 24.0 Å². The van der Waals surface area contributed by atoms with Crippen molar-refractivity contribution in [2.24, 2.45) is 5.92 Å². The van der Waals surface area contributed by atoms with Gasteiger partial charge in [-0.2, -0.15) is 0 Å². The normalized spacial score (nSPS) is 11.4. The number of aromatic amines is 2. The van der Waals surface area contributed by atoms with Crippen LogP contribution in [0.1, 0.15) is 30.8 Å². The first-order valence-electron chi connectivity index (χ1n) is 7.47. The zero-order valence-electron chi connectivity index (χ0n) is 12.8. The van der Waals surface area contributed by atoms with E-state index in [1.165, 1.54) is 0 Å². The van der Waals surface area contributed by atoms with Gasteiger partial charge in [0.25, 0.3) is 5.56 Å². The molecule has 114 valence electrons. The molecule has 0 bridgehead atoms. The summed E-state index contributed by atoms with van der Waals surface area (Å²) >= 11 is 0. The van der Waals surface area contributed by atoms with Crippen LogP contribution >= 0.6 is 0 Å². The van der Waals surface area contributed by atoms with Crippen LogP contribution in [-0.2, 0) is 12.8 Å². The van der Waals surface area contributed by atoms with Crippen molar-refractivity contribution in [2.45, 2.75) is 26.7 Å². The van der Waals surface area contributed by atoms with Crippen molar-refractivity contribution in [3.05, 3.63) is 57.8 Å². The number of fused-ring (bicyclic) bond motifs is 1. The molecule has 0 saturated carbocycles. The lowest BCUT2D eigenvalue weighted by molar-refractivity contribution is 0.628. The molecule has 0 unspecified atom stereocenters. The molecule has 0 saturated heterocycles. The number of benzene rings is 1. The van der Waals surface area contributed by atoms with E-state index in [4.69, 9.17) is 5.73 Å². The van der Waals surface area contributed by atoms with E-state index >= 15 is 0 Å². The van der Waals surface area contributed by atoms with Gasteiger partial charge in [0.05, 0.1) is 5.69 Å². The summed E-state index contributed by atoms with van der Waals surface area (Å²) in [5.41, 5.74) is 9.24. The molecule has 3 aromatic rings. The molecule has 5 heteroatoms. The predicted molar refractivity (Wildman–Crippen MR) is 88.9 cm³/mol. The lowest BCUT2D eigenvalue weighted by Gasteiger charge is -2.08. The highest BCUT2D eigenvalue weighted by Gasteiger charge is 2.12. The largest absolute Gasteiger partial charge is 0.382 e. The molecule has 0 aliphatic heterocycles. The maximum Gasteiger partial charge on any atom is 0.270 e. The van der Waals surface area contributed by atoms with E-state index < -0.39 is 0 Å². The Hall–Kier alpha value is -2.56. The molecule has 22 heavy (non-hydrogen) atoms. The lowest BCUT2D eigenvalue weighted by Crippen LogP contribution is -2.21. The molecular formula is C17H20N4O. The molecule has 2 heterocycles. The summed E-state index contributed by atoms with van der Waals surface area (Å²) in [4.78, 5) is 22.6. The van der Waals surface area contributed by atoms with E-state index in [1.54, 1.807) is 0 Å². The van der Waals surface area contributed by atoms with Crippen molar-refractivity contribution in [1.29, 1.82) is 0 Å². The Morgan fingerprint density at radius 2 is 2.05 bits per heavy atom. The second kappa shape index (κ2) is 5.67. The van der Waals surface area contributed by atoms with Crippen LogP contribution in [0.2, 0.25) is 0 Å². The molecule has 2 aromatic heterocycles. The van der Waals surface area contributed by atoms with Gasteiger partial charge < -0.3 is 15.7 Å². The Kier molecular flexibility index (Phi) is 3.71. The fourth-order valence-electron chi connectivity index (χ4n) is 2.66. The third-order valence-corrected chi connectivity index (χ3v) is 3.73. The van der Waals surface area contributed by atoms with Gasteiger partial charge in [-0.25, -0.2) is 4.98 Å². The lowest BCUT2D eigenvalue weighted by atomic mass is 10.1. The molecule has 0 radical (unpaired) electrons. The zero-order chi connectivity index (χ0) is 15.7. The number of nitrogen functional groups attached to an aromatic ring is 1. The SMILES string of the molecule is CC(C)Cc1nc(N)c(Cc2c[nH]c3ccccc23)[nH]c1=O. The highest BCUT2D eigenvalue weighted by atomic mass is 16.1. The third kappa shape index (κ3) is 2.74. The molecule has 0 spiro atoms. The van der Waals surface area contributed by atoms with E-state index in [0.717, 1.165) is 16.5 Å². The van der Waals surface area contributed by atoms with E-state index in [2.05, 4.69) is 34.9 Å². The van der Waals surface area contributed by atoms with E-state index in [9.17, 15) is 4.79 Å². The Morgan fingerprint density at radius 3 is 2.82 bits per heavy atom. The Balaban J connectivity index is 1.96. The molecule has 0 aliphatic carbocycles. The van der Waals surface area contributed by atoms with Crippen LogP contribution < -0.4 is 11.3 Å². The molecule has 5 nitrogen and oxygen atoms in total. The van der Waals surface area contributed by atoms with Crippen molar-refractivity contribution in [3.8, 4) is 0 Å². The molecule has 0 atom stereocenters. The maximum atomic E-state index is 12.1. The standard InChI is InChI=1S/C17H20N4O/c1-10(2)7-15-17(22)21-14(16(18)20-15)8-11-9-19-13-6-4-3-5-12(11)13/h3-6,9-10,19H,7-8H2,1-2H3,(H2,18,20)(H,21,22). The summed E-state index contributed by atoms with van der Waals surface area (Å²) < 4.78 is 0. The number of hydrogen-bond donors (Lipinski definition) is 3. The van der Waals surface area contributed by atoms with Crippen LogP contribution in [0.15, 0.2) is 35.3 Å². The summed E-state index contributed by atoms with van der Waals surface area (Å²) in [7, 11) is 0. The number of nitrogens with one attached hydrogen (secondary N) is 2. The van der Waals surface area contributed by atoms with Crippen molar-refractivity contribution in [2.75, 3.05) is 5.73 Å². The number of nitrogens with two attached hydrogens (primary N) is 1. The van der Waals surface area contributed by atoms with Gasteiger partial charge in [-0.1, -0.05) is 32.0 Å². The minimum atomic E-state index is -0.141. The number of aromatic nitrogens is 3. The highest BCUT2D eigenvalue weighted by molar-refractivity contribution is 5.83. The van der Waals surface area contributed by atoms with Crippen LogP contribution in [0.4, 0.5) is 5.82 Å². The van der Waals surface area contributed by atoms with Crippen molar-refractivity contribution < 1.29 is 0 Å². The number of para-hydroxylation sites is 1. The Bertz CT molecular complexity index is 860. The van der Waals surface area contributed by atoms with Crippen molar-refractivity contribution in [1.82, 2.24) is 15.0 Å². The first kappa shape index (κ1) is 14.4. The second-order valence-corrected chi connectivity index (χ2v) is 6.01. The number of anilines is 1. The van der Waals surface area contributed by atoms with Crippen LogP contribution in [0.3, 0.4) is 0 Å². The molecule has 4 N–H and O–H groups in total. The van der Waals surface area contributed by atoms with Gasteiger partial charge in [0, 0.05) is 23.5 Å². The van der Waals surface area contributed by atoms with Gasteiger partial charge in [-0.3, -0.25) is 4.79 Å². The van der Waals surface area contributed by atoms with E-state index in [-0.39, 0.29) is 5.56 Å². The van der Waals surface area contributed by atoms with E-state index in [1.807, 2.05) is 24.4 Å². The average molecular weight is 296 g/mol. The number of rotatable bonds is 4. The molecule has 1 aromatic carbocycles. The summed E-state index contributed by atoms with van der Waals surface area (Å²) in [6.45, 7) is 4.11. The molecule has 0 aliphatic rings. The minimum absolute atomic E-state index is 0.141. The number of H-pyrrole nitrogens is 2. The molecular weight excluding hydrogens is 276 g/mol. The number of hydrogen-bond acceptors (Lipinski definition) is 3. The fraction of sp³-hybridized carbons (Fsp3) is 0.294. The quantitative estimate of drug-likeness (QED) is 0.691. The van der Waals surface area contributed by atoms with Crippen LogP contribution in [0.25, 0.3) is 10.9 Å². The topological polar surface area (TPSA) is 87.6 Å². The molecule has 0 amide bonds. The third-order valence-electron chi connectivity index (χ3n) is 3.73. The monoisotopic (exact) mass is 296 g/mol. The van der Waals surface area contributed by atoms with Gasteiger partial charge in [0.2, 0.25) is 0 Å². The maximum absolute atomic E-state index is 12.1. The average Bonchev–Trinajstić information content (AvgIpc) is 2.87. The van der Waals surface area contributed by atoms with Gasteiger partial charge in [0.1, 0.15) is 11.5 Å². The minimum Gasteiger partial charge on any atom is -0.382 e.